The van der Waals surface area contributed by atoms with E-state index in [4.69, 9.17) is 4.52 Å². The van der Waals surface area contributed by atoms with Crippen molar-refractivity contribution in [3.63, 3.8) is 0 Å². The van der Waals surface area contributed by atoms with Crippen LogP contribution < -0.4 is 10.1 Å². The van der Waals surface area contributed by atoms with Crippen molar-refractivity contribution in [1.29, 1.82) is 0 Å². The molecule has 3 aromatic rings. The summed E-state index contributed by atoms with van der Waals surface area (Å²) in [6, 6.07) is 14.8. The molecule has 0 aliphatic carbocycles. The van der Waals surface area contributed by atoms with E-state index in [1.54, 1.807) is 12.1 Å². The number of benzene rings is 2. The SMILES string of the molecule is Cc1cc(CSc2ccccc2C(=O)Nc2ccc(OC(F)F)cc2)on1. The number of carbonyl (C=O) groups excluding carboxylic acids is 1. The third kappa shape index (κ3) is 5.30. The van der Waals surface area contributed by atoms with E-state index in [9.17, 15) is 13.6 Å². The molecule has 0 aliphatic heterocycles. The van der Waals surface area contributed by atoms with Crippen molar-refractivity contribution in [2.45, 2.75) is 24.2 Å². The number of hydrogen-bond acceptors (Lipinski definition) is 5. The van der Waals surface area contributed by atoms with E-state index in [0.29, 0.717) is 17.0 Å². The van der Waals surface area contributed by atoms with Gasteiger partial charge in [-0.1, -0.05) is 17.3 Å². The van der Waals surface area contributed by atoms with E-state index in [2.05, 4.69) is 15.2 Å². The van der Waals surface area contributed by atoms with Gasteiger partial charge in [-0.2, -0.15) is 8.78 Å². The van der Waals surface area contributed by atoms with Crippen LogP contribution in [0.5, 0.6) is 5.75 Å². The molecule has 1 N–H and O–H groups in total. The summed E-state index contributed by atoms with van der Waals surface area (Å²) < 4.78 is 33.9. The molecule has 5 nitrogen and oxygen atoms in total. The van der Waals surface area contributed by atoms with Crippen LogP contribution in [-0.2, 0) is 5.75 Å². The van der Waals surface area contributed by atoms with E-state index in [-0.39, 0.29) is 11.7 Å². The average Bonchev–Trinajstić information content (AvgIpc) is 3.07. The first-order valence-corrected chi connectivity index (χ1v) is 9.00. The summed E-state index contributed by atoms with van der Waals surface area (Å²) >= 11 is 1.46. The molecule has 27 heavy (non-hydrogen) atoms. The topological polar surface area (TPSA) is 64.4 Å². The predicted molar refractivity (Wildman–Crippen MR) is 98.3 cm³/mol. The number of alkyl halides is 2. The van der Waals surface area contributed by atoms with Crippen LogP contribution in [0.1, 0.15) is 21.8 Å². The lowest BCUT2D eigenvalue weighted by Gasteiger charge is -2.10. The van der Waals surface area contributed by atoms with Gasteiger partial charge in [-0.15, -0.1) is 11.8 Å². The number of amides is 1. The number of hydrogen-bond donors (Lipinski definition) is 1. The standard InChI is InChI=1S/C19H16F2N2O3S/c1-12-10-15(26-23-12)11-27-17-5-3-2-4-16(17)18(24)22-13-6-8-14(9-7-13)25-19(20)21/h2-10,19H,11H2,1H3,(H,22,24). The fraction of sp³-hybridized carbons (Fsp3) is 0.158. The fourth-order valence-electron chi connectivity index (χ4n) is 2.33. The minimum atomic E-state index is -2.89. The van der Waals surface area contributed by atoms with Crippen molar-refractivity contribution in [2.24, 2.45) is 0 Å². The van der Waals surface area contributed by atoms with Gasteiger partial charge >= 0.3 is 6.61 Å². The molecule has 1 heterocycles. The highest BCUT2D eigenvalue weighted by molar-refractivity contribution is 7.98. The maximum Gasteiger partial charge on any atom is 0.387 e. The van der Waals surface area contributed by atoms with Crippen LogP contribution in [0.4, 0.5) is 14.5 Å². The number of aryl methyl sites for hydroxylation is 1. The molecule has 0 spiro atoms. The highest BCUT2D eigenvalue weighted by Gasteiger charge is 2.13. The zero-order valence-corrected chi connectivity index (χ0v) is 15.1. The minimum absolute atomic E-state index is 0.0290. The first-order chi connectivity index (χ1) is 13.0. The normalized spacial score (nSPS) is 10.8. The highest BCUT2D eigenvalue weighted by atomic mass is 32.2. The first-order valence-electron chi connectivity index (χ1n) is 8.01. The van der Waals surface area contributed by atoms with Crippen LogP contribution in [0.15, 0.2) is 64.0 Å². The highest BCUT2D eigenvalue weighted by Crippen LogP contribution is 2.27. The van der Waals surface area contributed by atoms with E-state index in [0.717, 1.165) is 16.3 Å². The Hall–Kier alpha value is -2.87. The summed E-state index contributed by atoms with van der Waals surface area (Å²) in [5.41, 5.74) is 1.79. The number of thioether (sulfide) groups is 1. The molecule has 8 heteroatoms. The van der Waals surface area contributed by atoms with Gasteiger partial charge in [0.2, 0.25) is 0 Å². The third-order valence-corrected chi connectivity index (χ3v) is 4.61. The Morgan fingerprint density at radius 3 is 2.63 bits per heavy atom. The molecule has 1 amide bonds. The van der Waals surface area contributed by atoms with E-state index in [1.165, 1.54) is 36.0 Å². The lowest BCUT2D eigenvalue weighted by atomic mass is 10.2. The van der Waals surface area contributed by atoms with Gasteiger partial charge in [0.1, 0.15) is 11.5 Å². The van der Waals surface area contributed by atoms with Gasteiger partial charge in [0.25, 0.3) is 5.91 Å². The van der Waals surface area contributed by atoms with Gasteiger partial charge < -0.3 is 14.6 Å². The second-order valence-corrected chi connectivity index (χ2v) is 6.59. The number of nitrogens with zero attached hydrogens (tertiary/aromatic N) is 1. The number of aromatic nitrogens is 1. The first kappa shape index (κ1) is 18.9. The Balaban J connectivity index is 1.67. The van der Waals surface area contributed by atoms with Crippen molar-refractivity contribution in [2.75, 3.05) is 5.32 Å². The Labute approximate surface area is 158 Å². The summed E-state index contributed by atoms with van der Waals surface area (Å²) in [6.45, 7) is -1.04. The van der Waals surface area contributed by atoms with E-state index in [1.807, 2.05) is 25.1 Å². The van der Waals surface area contributed by atoms with Crippen LogP contribution in [0.3, 0.4) is 0 Å². The molecule has 1 aromatic heterocycles. The molecule has 3 rings (SSSR count). The molecule has 0 fully saturated rings. The lowest BCUT2D eigenvalue weighted by molar-refractivity contribution is -0.0498. The predicted octanol–water partition coefficient (Wildman–Crippen LogP) is 5.13. The molecule has 0 radical (unpaired) electrons. The number of halogens is 2. The van der Waals surface area contributed by atoms with Crippen LogP contribution in [0.2, 0.25) is 0 Å². The number of anilines is 1. The maximum absolute atomic E-state index is 12.6. The monoisotopic (exact) mass is 390 g/mol. The molecule has 140 valence electrons. The van der Waals surface area contributed by atoms with Crippen molar-refractivity contribution >= 4 is 23.4 Å². The maximum atomic E-state index is 12.6. The Kier molecular flexibility index (Phi) is 6.08. The number of rotatable bonds is 7. The van der Waals surface area contributed by atoms with Crippen molar-refractivity contribution in [1.82, 2.24) is 5.16 Å². The molecule has 0 aliphatic rings. The van der Waals surface area contributed by atoms with Crippen LogP contribution in [-0.4, -0.2) is 17.7 Å². The van der Waals surface area contributed by atoms with Gasteiger partial charge in [-0.05, 0) is 43.3 Å². The molecule has 0 saturated carbocycles. The Morgan fingerprint density at radius 2 is 1.96 bits per heavy atom. The molecule has 0 unspecified atom stereocenters. The van der Waals surface area contributed by atoms with Crippen molar-refractivity contribution in [3.05, 3.63) is 71.6 Å². The second-order valence-electron chi connectivity index (χ2n) is 5.58. The van der Waals surface area contributed by atoms with Crippen molar-refractivity contribution in [3.8, 4) is 5.75 Å². The quantitative estimate of drug-likeness (QED) is 0.567. The molecular weight excluding hydrogens is 374 g/mol. The summed E-state index contributed by atoms with van der Waals surface area (Å²) in [5, 5.41) is 6.59. The van der Waals surface area contributed by atoms with Gasteiger partial charge in [0.05, 0.1) is 17.0 Å². The van der Waals surface area contributed by atoms with Crippen LogP contribution in [0, 0.1) is 6.92 Å². The second kappa shape index (κ2) is 8.68. The molecule has 0 atom stereocenters. The average molecular weight is 390 g/mol. The molecule has 2 aromatic carbocycles. The lowest BCUT2D eigenvalue weighted by Crippen LogP contribution is -2.13. The van der Waals surface area contributed by atoms with Crippen LogP contribution >= 0.6 is 11.8 Å². The number of ether oxygens (including phenoxy) is 1. The third-order valence-electron chi connectivity index (χ3n) is 3.52. The molecular formula is C19H16F2N2O3S. The number of nitrogens with one attached hydrogen (secondary N) is 1. The largest absolute Gasteiger partial charge is 0.435 e. The molecule has 0 bridgehead atoms. The fourth-order valence-corrected chi connectivity index (χ4v) is 3.26. The summed E-state index contributed by atoms with van der Waals surface area (Å²) in [5.74, 6) is 1.00. The van der Waals surface area contributed by atoms with E-state index >= 15 is 0 Å². The number of carbonyl (C=O) groups is 1. The van der Waals surface area contributed by atoms with Crippen LogP contribution in [0.25, 0.3) is 0 Å². The van der Waals surface area contributed by atoms with Crippen molar-refractivity contribution < 1.29 is 22.8 Å². The van der Waals surface area contributed by atoms with E-state index < -0.39 is 6.61 Å². The smallest absolute Gasteiger partial charge is 0.387 e. The van der Waals surface area contributed by atoms with Gasteiger partial charge in [0.15, 0.2) is 0 Å². The molecule has 0 saturated heterocycles. The van der Waals surface area contributed by atoms with Gasteiger partial charge in [-0.3, -0.25) is 4.79 Å². The summed E-state index contributed by atoms with van der Waals surface area (Å²) in [6.07, 6.45) is 0. The Bertz CT molecular complexity index is 913. The van der Waals surface area contributed by atoms with Gasteiger partial charge in [0, 0.05) is 16.6 Å². The Morgan fingerprint density at radius 1 is 1.22 bits per heavy atom. The minimum Gasteiger partial charge on any atom is -0.435 e. The zero-order chi connectivity index (χ0) is 19.2. The van der Waals surface area contributed by atoms with Gasteiger partial charge in [-0.25, -0.2) is 0 Å². The summed E-state index contributed by atoms with van der Waals surface area (Å²) in [7, 11) is 0. The zero-order valence-electron chi connectivity index (χ0n) is 14.3. The summed E-state index contributed by atoms with van der Waals surface area (Å²) in [4.78, 5) is 13.4.